The van der Waals surface area contributed by atoms with Crippen molar-refractivity contribution in [3.8, 4) is 0 Å². The molecule has 1 unspecified atom stereocenters. The van der Waals surface area contributed by atoms with E-state index in [1.807, 2.05) is 31.3 Å². The number of rotatable bonds is 5. The Morgan fingerprint density at radius 3 is 3.00 bits per heavy atom. The average molecular weight is 282 g/mol. The molecule has 1 atom stereocenters. The summed E-state index contributed by atoms with van der Waals surface area (Å²) >= 11 is 0. The Kier molecular flexibility index (Phi) is 3.73. The van der Waals surface area contributed by atoms with Gasteiger partial charge in [-0.2, -0.15) is 0 Å². The van der Waals surface area contributed by atoms with Crippen molar-refractivity contribution in [3.63, 3.8) is 0 Å². The van der Waals surface area contributed by atoms with E-state index in [1.54, 1.807) is 12.4 Å². The Bertz CT molecular complexity index is 730. The third-order valence-electron chi connectivity index (χ3n) is 3.60. The van der Waals surface area contributed by atoms with Crippen molar-refractivity contribution in [2.45, 2.75) is 25.8 Å². The first kappa shape index (κ1) is 13.4. The summed E-state index contributed by atoms with van der Waals surface area (Å²) in [4.78, 5) is 22.4. The van der Waals surface area contributed by atoms with Crippen molar-refractivity contribution in [1.82, 2.24) is 20.3 Å². The number of aromatic nitrogens is 3. The lowest BCUT2D eigenvalue weighted by molar-refractivity contribution is -0.121. The molecule has 0 fully saturated rings. The van der Waals surface area contributed by atoms with Gasteiger partial charge in [-0.15, -0.1) is 0 Å². The van der Waals surface area contributed by atoms with Crippen LogP contribution in [0.3, 0.4) is 0 Å². The van der Waals surface area contributed by atoms with Crippen LogP contribution in [0.1, 0.15) is 30.8 Å². The molecule has 2 aromatic heterocycles. The number of aromatic amines is 2. The number of fused-ring (bicyclic) bond motifs is 1. The predicted octanol–water partition coefficient (Wildman–Crippen LogP) is 2.70. The minimum absolute atomic E-state index is 0.0316. The minimum atomic E-state index is -0.101. The van der Waals surface area contributed by atoms with Gasteiger partial charge in [-0.25, -0.2) is 4.98 Å². The van der Waals surface area contributed by atoms with Crippen molar-refractivity contribution in [3.05, 3.63) is 54.2 Å². The summed E-state index contributed by atoms with van der Waals surface area (Å²) in [6.07, 6.45) is 6.61. The largest absolute Gasteiger partial charge is 0.361 e. The van der Waals surface area contributed by atoms with Crippen LogP contribution >= 0.6 is 0 Å². The molecule has 3 aromatic rings. The fourth-order valence-corrected chi connectivity index (χ4v) is 2.48. The molecule has 3 rings (SSSR count). The molecule has 1 amide bonds. The molecule has 0 spiro atoms. The van der Waals surface area contributed by atoms with Gasteiger partial charge >= 0.3 is 0 Å². The second-order valence-corrected chi connectivity index (χ2v) is 5.12. The summed E-state index contributed by atoms with van der Waals surface area (Å²) in [5, 5.41) is 4.13. The zero-order valence-electron chi connectivity index (χ0n) is 11.9. The quantitative estimate of drug-likeness (QED) is 0.673. The number of imidazole rings is 1. The molecule has 0 saturated heterocycles. The smallest absolute Gasteiger partial charge is 0.220 e. The van der Waals surface area contributed by atoms with Crippen LogP contribution < -0.4 is 5.32 Å². The van der Waals surface area contributed by atoms with Crippen molar-refractivity contribution < 1.29 is 4.79 Å². The molecule has 0 aliphatic heterocycles. The first-order valence-corrected chi connectivity index (χ1v) is 7.07. The van der Waals surface area contributed by atoms with Crippen molar-refractivity contribution >= 4 is 16.8 Å². The van der Waals surface area contributed by atoms with Gasteiger partial charge in [0.1, 0.15) is 5.82 Å². The second-order valence-electron chi connectivity index (χ2n) is 5.12. The number of carbonyl (C=O) groups excluding carboxylic acids is 1. The molecule has 5 heteroatoms. The number of aryl methyl sites for hydroxylation is 1. The Hall–Kier alpha value is -2.56. The second kappa shape index (κ2) is 5.83. The number of nitrogens with one attached hydrogen (secondary N) is 3. The van der Waals surface area contributed by atoms with E-state index in [1.165, 1.54) is 10.9 Å². The maximum absolute atomic E-state index is 12.0. The molecule has 0 aliphatic carbocycles. The van der Waals surface area contributed by atoms with Gasteiger partial charge in [0.25, 0.3) is 0 Å². The summed E-state index contributed by atoms with van der Waals surface area (Å²) in [6.45, 7) is 1.92. The highest BCUT2D eigenvalue weighted by molar-refractivity contribution is 5.84. The van der Waals surface area contributed by atoms with E-state index in [-0.39, 0.29) is 11.9 Å². The van der Waals surface area contributed by atoms with Crippen LogP contribution in [-0.4, -0.2) is 20.9 Å². The fraction of sp³-hybridized carbons (Fsp3) is 0.250. The number of carbonyl (C=O) groups is 1. The summed E-state index contributed by atoms with van der Waals surface area (Å²) in [5.74, 6) is 0.805. The first-order valence-electron chi connectivity index (χ1n) is 7.07. The highest BCUT2D eigenvalue weighted by atomic mass is 16.1. The van der Waals surface area contributed by atoms with Crippen molar-refractivity contribution in [2.24, 2.45) is 0 Å². The standard InChI is InChI=1S/C16H18N4O/c1-11(16-17-8-9-18-16)20-15(21)7-6-12-10-19-14-5-3-2-4-13(12)14/h2-5,8-11,19H,6-7H2,1H3,(H,17,18)(H,20,21). The Labute approximate surface area is 122 Å². The third kappa shape index (κ3) is 2.97. The molecule has 21 heavy (non-hydrogen) atoms. The van der Waals surface area contributed by atoms with E-state index in [4.69, 9.17) is 0 Å². The Balaban J connectivity index is 1.58. The van der Waals surface area contributed by atoms with Gasteiger partial charge in [0, 0.05) is 35.9 Å². The van der Waals surface area contributed by atoms with Gasteiger partial charge in [-0.1, -0.05) is 18.2 Å². The lowest BCUT2D eigenvalue weighted by Gasteiger charge is -2.11. The monoisotopic (exact) mass is 282 g/mol. The lowest BCUT2D eigenvalue weighted by Crippen LogP contribution is -2.27. The summed E-state index contributed by atoms with van der Waals surface area (Å²) in [5.41, 5.74) is 2.28. The molecule has 0 saturated carbocycles. The van der Waals surface area contributed by atoms with E-state index >= 15 is 0 Å². The van der Waals surface area contributed by atoms with Gasteiger partial charge < -0.3 is 15.3 Å². The number of nitrogens with zero attached hydrogens (tertiary/aromatic N) is 1. The van der Waals surface area contributed by atoms with E-state index in [2.05, 4.69) is 26.3 Å². The molecule has 108 valence electrons. The zero-order chi connectivity index (χ0) is 14.7. The van der Waals surface area contributed by atoms with Gasteiger partial charge in [-0.05, 0) is 25.0 Å². The molecule has 0 bridgehead atoms. The van der Waals surface area contributed by atoms with Crippen LogP contribution in [-0.2, 0) is 11.2 Å². The molecule has 5 nitrogen and oxygen atoms in total. The van der Waals surface area contributed by atoms with Gasteiger partial charge in [0.15, 0.2) is 0 Å². The third-order valence-corrected chi connectivity index (χ3v) is 3.60. The highest BCUT2D eigenvalue weighted by Gasteiger charge is 2.12. The summed E-state index contributed by atoms with van der Waals surface area (Å²) in [7, 11) is 0. The molecular weight excluding hydrogens is 264 g/mol. The normalized spacial score (nSPS) is 12.4. The lowest BCUT2D eigenvalue weighted by atomic mass is 10.1. The molecule has 3 N–H and O–H groups in total. The zero-order valence-corrected chi connectivity index (χ0v) is 11.9. The number of amides is 1. The van der Waals surface area contributed by atoms with Crippen LogP contribution in [0, 0.1) is 0 Å². The number of benzene rings is 1. The number of hydrogen-bond donors (Lipinski definition) is 3. The number of para-hydroxylation sites is 1. The van der Waals surface area contributed by atoms with Crippen LogP contribution in [0.4, 0.5) is 0 Å². The van der Waals surface area contributed by atoms with Crippen LogP contribution in [0.15, 0.2) is 42.9 Å². The van der Waals surface area contributed by atoms with E-state index in [0.717, 1.165) is 17.8 Å². The van der Waals surface area contributed by atoms with Gasteiger partial charge in [0.05, 0.1) is 6.04 Å². The Morgan fingerprint density at radius 1 is 1.33 bits per heavy atom. The van der Waals surface area contributed by atoms with Crippen LogP contribution in [0.25, 0.3) is 10.9 Å². The number of hydrogen-bond acceptors (Lipinski definition) is 2. The van der Waals surface area contributed by atoms with Gasteiger partial charge in [-0.3, -0.25) is 4.79 Å². The summed E-state index contributed by atoms with van der Waals surface area (Å²) < 4.78 is 0. The fourth-order valence-electron chi connectivity index (χ4n) is 2.48. The molecule has 2 heterocycles. The first-order chi connectivity index (χ1) is 10.2. The average Bonchev–Trinajstić information content (AvgIpc) is 3.15. The van der Waals surface area contributed by atoms with E-state index in [0.29, 0.717) is 6.42 Å². The maximum atomic E-state index is 12.0. The van der Waals surface area contributed by atoms with E-state index in [9.17, 15) is 4.79 Å². The maximum Gasteiger partial charge on any atom is 0.220 e. The topological polar surface area (TPSA) is 73.6 Å². The number of H-pyrrole nitrogens is 2. The SMILES string of the molecule is CC(NC(=O)CCc1c[nH]c2ccccc12)c1ncc[nH]1. The Morgan fingerprint density at radius 2 is 2.19 bits per heavy atom. The van der Waals surface area contributed by atoms with Crippen LogP contribution in [0.5, 0.6) is 0 Å². The molecule has 1 aromatic carbocycles. The van der Waals surface area contributed by atoms with Gasteiger partial charge in [0.2, 0.25) is 5.91 Å². The highest BCUT2D eigenvalue weighted by Crippen LogP contribution is 2.19. The van der Waals surface area contributed by atoms with Crippen LogP contribution in [0.2, 0.25) is 0 Å². The van der Waals surface area contributed by atoms with Crippen molar-refractivity contribution in [2.75, 3.05) is 0 Å². The molecule has 0 aliphatic rings. The predicted molar refractivity (Wildman–Crippen MR) is 81.8 cm³/mol. The molecular formula is C16H18N4O. The minimum Gasteiger partial charge on any atom is -0.361 e. The molecule has 0 radical (unpaired) electrons. The van der Waals surface area contributed by atoms with Crippen molar-refractivity contribution in [1.29, 1.82) is 0 Å². The summed E-state index contributed by atoms with van der Waals surface area (Å²) in [6, 6.07) is 8.03. The van der Waals surface area contributed by atoms with E-state index < -0.39 is 0 Å².